The van der Waals surface area contributed by atoms with Crippen molar-refractivity contribution >= 4 is 5.97 Å². The molecule has 2 unspecified atom stereocenters. The molecule has 0 spiro atoms. The van der Waals surface area contributed by atoms with Crippen LogP contribution in [0.1, 0.15) is 83.1 Å². The molecule has 1 heterocycles. The largest absolute Gasteiger partial charge is 0.461 e. The molecule has 0 radical (unpaired) electrons. The van der Waals surface area contributed by atoms with Gasteiger partial charge in [-0.2, -0.15) is 0 Å². The van der Waals surface area contributed by atoms with Crippen molar-refractivity contribution in [3.05, 3.63) is 35.9 Å². The van der Waals surface area contributed by atoms with Gasteiger partial charge in [0.05, 0.1) is 12.0 Å². The number of unbranched alkanes of at least 4 members (excludes halogenated alkanes) is 8. The molecule has 3 atom stereocenters. The molecule has 1 saturated heterocycles. The Bertz CT molecular complexity index is 499. The van der Waals surface area contributed by atoms with Crippen LogP contribution in [0.5, 0.6) is 0 Å². The van der Waals surface area contributed by atoms with Gasteiger partial charge in [0.25, 0.3) is 0 Å². The van der Waals surface area contributed by atoms with E-state index in [-0.39, 0.29) is 24.1 Å². The van der Waals surface area contributed by atoms with E-state index < -0.39 is 0 Å². The van der Waals surface area contributed by atoms with Gasteiger partial charge in [-0.15, -0.1) is 0 Å². The van der Waals surface area contributed by atoms with Crippen LogP contribution in [0.4, 0.5) is 0 Å². The topological polar surface area (TPSA) is 46.5 Å². The Labute approximate surface area is 159 Å². The van der Waals surface area contributed by atoms with E-state index in [2.05, 4.69) is 6.92 Å². The first-order chi connectivity index (χ1) is 12.7. The Morgan fingerprint density at radius 1 is 0.962 bits per heavy atom. The van der Waals surface area contributed by atoms with Crippen LogP contribution < -0.4 is 0 Å². The summed E-state index contributed by atoms with van der Waals surface area (Å²) in [7, 11) is 0. The standard InChI is InChI=1S/C23H36O3/c1-2-3-4-5-6-7-8-9-13-16-20(24)18-22-21(23(25)26-22)17-19-14-11-10-12-15-19/h10-12,14-15,20-22,24H,2-9,13,16-18H2,1H3/t20-,21?,22?/m0/s1. The number of esters is 1. The van der Waals surface area contributed by atoms with Crippen LogP contribution >= 0.6 is 0 Å². The Morgan fingerprint density at radius 3 is 2.19 bits per heavy atom. The van der Waals surface area contributed by atoms with E-state index in [1.807, 2.05) is 30.3 Å². The first-order valence-electron chi connectivity index (χ1n) is 10.6. The highest BCUT2D eigenvalue weighted by Crippen LogP contribution is 2.30. The van der Waals surface area contributed by atoms with Crippen molar-refractivity contribution in [3.8, 4) is 0 Å². The molecule has 3 nitrogen and oxygen atoms in total. The summed E-state index contributed by atoms with van der Waals surface area (Å²) in [5.74, 6) is -0.204. The second kappa shape index (κ2) is 12.1. The fourth-order valence-electron chi connectivity index (χ4n) is 3.77. The molecule has 1 fully saturated rings. The summed E-state index contributed by atoms with van der Waals surface area (Å²) in [4.78, 5) is 11.7. The molecule has 1 aliphatic rings. The fraction of sp³-hybridized carbons (Fsp3) is 0.696. The van der Waals surface area contributed by atoms with Crippen molar-refractivity contribution < 1.29 is 14.6 Å². The number of carbonyl (C=O) groups excluding carboxylic acids is 1. The lowest BCUT2D eigenvalue weighted by Gasteiger charge is -2.36. The zero-order valence-electron chi connectivity index (χ0n) is 16.4. The number of aliphatic hydroxyl groups is 1. The molecule has 1 aliphatic heterocycles. The van der Waals surface area contributed by atoms with E-state index in [4.69, 9.17) is 4.74 Å². The minimum atomic E-state index is -0.351. The highest BCUT2D eigenvalue weighted by molar-refractivity contribution is 5.78. The van der Waals surface area contributed by atoms with Crippen LogP contribution in [-0.4, -0.2) is 23.3 Å². The SMILES string of the molecule is CCCCCCCCCCC[C@H](O)CC1OC(=O)C1Cc1ccccc1. The number of hydrogen-bond acceptors (Lipinski definition) is 3. The number of benzene rings is 1. The molecule has 0 amide bonds. The van der Waals surface area contributed by atoms with Gasteiger partial charge in [0.15, 0.2) is 0 Å². The van der Waals surface area contributed by atoms with Crippen LogP contribution in [0.2, 0.25) is 0 Å². The van der Waals surface area contributed by atoms with Crippen LogP contribution in [0.25, 0.3) is 0 Å². The van der Waals surface area contributed by atoms with Gasteiger partial charge in [-0.1, -0.05) is 95.0 Å². The van der Waals surface area contributed by atoms with E-state index in [0.717, 1.165) is 24.8 Å². The highest BCUT2D eigenvalue weighted by Gasteiger charge is 2.42. The minimum absolute atomic E-state index is 0.0878. The molecule has 0 aliphatic carbocycles. The summed E-state index contributed by atoms with van der Waals surface area (Å²) in [5.41, 5.74) is 1.16. The van der Waals surface area contributed by atoms with E-state index in [0.29, 0.717) is 6.42 Å². The summed E-state index contributed by atoms with van der Waals surface area (Å²) in [6.45, 7) is 2.25. The maximum absolute atomic E-state index is 11.7. The molecule has 146 valence electrons. The molecule has 1 N–H and O–H groups in total. The summed E-state index contributed by atoms with van der Waals surface area (Å²) in [5, 5.41) is 10.3. The zero-order chi connectivity index (χ0) is 18.6. The molecule has 1 aromatic rings. The zero-order valence-corrected chi connectivity index (χ0v) is 16.4. The molecule has 1 aromatic carbocycles. The van der Waals surface area contributed by atoms with Gasteiger partial charge in [-0.3, -0.25) is 4.79 Å². The first-order valence-corrected chi connectivity index (χ1v) is 10.6. The lowest BCUT2D eigenvalue weighted by Crippen LogP contribution is -2.47. The number of cyclic esters (lactones) is 1. The van der Waals surface area contributed by atoms with Gasteiger partial charge in [0, 0.05) is 6.42 Å². The second-order valence-corrected chi connectivity index (χ2v) is 7.78. The molecule has 3 heteroatoms. The van der Waals surface area contributed by atoms with Crippen LogP contribution in [0, 0.1) is 5.92 Å². The number of carbonyl (C=O) groups is 1. The van der Waals surface area contributed by atoms with Gasteiger partial charge in [0.1, 0.15) is 6.10 Å². The number of ether oxygens (including phenoxy) is 1. The molecular formula is C23H36O3. The quantitative estimate of drug-likeness (QED) is 0.355. The van der Waals surface area contributed by atoms with Gasteiger partial charge in [-0.25, -0.2) is 0 Å². The number of hydrogen-bond donors (Lipinski definition) is 1. The van der Waals surface area contributed by atoms with E-state index in [1.54, 1.807) is 0 Å². The first kappa shape index (κ1) is 21.0. The highest BCUT2D eigenvalue weighted by atomic mass is 16.6. The molecule has 0 bridgehead atoms. The molecular weight excluding hydrogens is 324 g/mol. The van der Waals surface area contributed by atoms with Crippen molar-refractivity contribution in [3.63, 3.8) is 0 Å². The van der Waals surface area contributed by atoms with E-state index in [9.17, 15) is 9.90 Å². The average Bonchev–Trinajstić information content (AvgIpc) is 2.65. The van der Waals surface area contributed by atoms with E-state index in [1.165, 1.54) is 51.4 Å². The van der Waals surface area contributed by atoms with Crippen LogP contribution in [0.15, 0.2) is 30.3 Å². The normalized spacial score (nSPS) is 20.5. The Kier molecular flexibility index (Phi) is 9.76. The third-order valence-electron chi connectivity index (χ3n) is 5.46. The lowest BCUT2D eigenvalue weighted by atomic mass is 9.86. The van der Waals surface area contributed by atoms with Gasteiger partial charge in [0.2, 0.25) is 0 Å². The predicted octanol–water partition coefficient (Wildman–Crippen LogP) is 5.44. The van der Waals surface area contributed by atoms with Crippen LogP contribution in [-0.2, 0) is 16.0 Å². The van der Waals surface area contributed by atoms with Gasteiger partial charge in [-0.05, 0) is 18.4 Å². The maximum Gasteiger partial charge on any atom is 0.313 e. The molecule has 0 saturated carbocycles. The van der Waals surface area contributed by atoms with Crippen LogP contribution in [0.3, 0.4) is 0 Å². The molecule has 2 rings (SSSR count). The predicted molar refractivity (Wildman–Crippen MR) is 106 cm³/mol. The summed E-state index contributed by atoms with van der Waals surface area (Å²) < 4.78 is 5.29. The lowest BCUT2D eigenvalue weighted by molar-refractivity contribution is -0.187. The van der Waals surface area contributed by atoms with Crippen molar-refractivity contribution in [1.82, 2.24) is 0 Å². The van der Waals surface area contributed by atoms with Crippen molar-refractivity contribution in [1.29, 1.82) is 0 Å². The average molecular weight is 361 g/mol. The number of rotatable bonds is 14. The third kappa shape index (κ3) is 7.49. The second-order valence-electron chi connectivity index (χ2n) is 7.78. The maximum atomic E-state index is 11.7. The Balaban J connectivity index is 1.53. The third-order valence-corrected chi connectivity index (χ3v) is 5.46. The Morgan fingerprint density at radius 2 is 1.58 bits per heavy atom. The minimum Gasteiger partial charge on any atom is -0.461 e. The van der Waals surface area contributed by atoms with E-state index >= 15 is 0 Å². The fourth-order valence-corrected chi connectivity index (χ4v) is 3.77. The van der Waals surface area contributed by atoms with Crippen molar-refractivity contribution in [2.75, 3.05) is 0 Å². The van der Waals surface area contributed by atoms with Gasteiger partial charge >= 0.3 is 5.97 Å². The van der Waals surface area contributed by atoms with Gasteiger partial charge < -0.3 is 9.84 Å². The van der Waals surface area contributed by atoms with Crippen molar-refractivity contribution in [2.45, 2.75) is 96.2 Å². The summed E-state index contributed by atoms with van der Waals surface area (Å²) >= 11 is 0. The van der Waals surface area contributed by atoms with Crippen molar-refractivity contribution in [2.24, 2.45) is 5.92 Å². The summed E-state index contributed by atoms with van der Waals surface area (Å²) in [6.07, 6.45) is 13.3. The smallest absolute Gasteiger partial charge is 0.313 e. The Hall–Kier alpha value is -1.35. The summed E-state index contributed by atoms with van der Waals surface area (Å²) in [6, 6.07) is 10.1. The number of aliphatic hydroxyl groups excluding tert-OH is 1. The molecule has 0 aromatic heterocycles. The molecule has 26 heavy (non-hydrogen) atoms. The monoisotopic (exact) mass is 360 g/mol.